The third-order valence-electron chi connectivity index (χ3n) is 1.07. The van der Waals surface area contributed by atoms with Gasteiger partial charge in [0.2, 0.25) is 0 Å². The van der Waals surface area contributed by atoms with E-state index in [-0.39, 0.29) is 11.6 Å². The maximum Gasteiger partial charge on any atom is 0.152 e. The van der Waals surface area contributed by atoms with Crippen molar-refractivity contribution < 1.29 is 9.18 Å². The lowest BCUT2D eigenvalue weighted by Crippen LogP contribution is -1.74. The minimum Gasteiger partial charge on any atom is -0.295 e. The van der Waals surface area contributed by atoms with Gasteiger partial charge in [0, 0.05) is 5.02 Å². The second-order valence-corrected chi connectivity index (χ2v) is 2.69. The second kappa shape index (κ2) is 6.38. The van der Waals surface area contributed by atoms with E-state index >= 15 is 0 Å². The number of ketones is 1. The third-order valence-corrected chi connectivity index (χ3v) is 1.31. The minimum atomic E-state index is -0.294. The Balaban J connectivity index is 0.000000252. The molecule has 0 fully saturated rings. The molecule has 0 unspecified atom stereocenters. The highest BCUT2D eigenvalue weighted by Gasteiger charge is 1.86. The van der Waals surface area contributed by atoms with Gasteiger partial charge in [-0.3, -0.25) is 4.79 Å². The van der Waals surface area contributed by atoms with Crippen LogP contribution in [0.4, 0.5) is 4.39 Å². The first-order valence-electron chi connectivity index (χ1n) is 3.60. The van der Waals surface area contributed by atoms with Gasteiger partial charge in [-0.15, -0.1) is 0 Å². The van der Waals surface area contributed by atoms with Gasteiger partial charge in [0.25, 0.3) is 0 Å². The quantitative estimate of drug-likeness (QED) is 0.636. The molecule has 0 aromatic heterocycles. The Bertz CT molecular complexity index is 279. The number of allylic oxidation sites excluding steroid dienone is 1. The van der Waals surface area contributed by atoms with E-state index in [2.05, 4.69) is 6.58 Å². The summed E-state index contributed by atoms with van der Waals surface area (Å²) in [5, 5.41) is 0.435. The summed E-state index contributed by atoms with van der Waals surface area (Å²) >= 11 is 5.40. The highest BCUT2D eigenvalue weighted by atomic mass is 35.5. The van der Waals surface area contributed by atoms with E-state index in [1.54, 1.807) is 12.1 Å². The molecule has 70 valence electrons. The fraction of sp³-hybridized carbons (Fsp3) is 0.100. The lowest BCUT2D eigenvalue weighted by Gasteiger charge is -1.85. The molecule has 0 amide bonds. The lowest BCUT2D eigenvalue weighted by atomic mass is 10.4. The number of halogens is 2. The van der Waals surface area contributed by atoms with Crippen LogP contribution in [0.25, 0.3) is 0 Å². The number of hydrogen-bond donors (Lipinski definition) is 0. The van der Waals surface area contributed by atoms with E-state index < -0.39 is 0 Å². The Morgan fingerprint density at radius 2 is 2.15 bits per heavy atom. The van der Waals surface area contributed by atoms with Crippen LogP contribution in [0.2, 0.25) is 5.02 Å². The van der Waals surface area contributed by atoms with Crippen LogP contribution in [-0.4, -0.2) is 5.78 Å². The number of benzene rings is 1. The fourth-order valence-corrected chi connectivity index (χ4v) is 0.637. The van der Waals surface area contributed by atoms with E-state index in [1.807, 2.05) is 0 Å². The van der Waals surface area contributed by atoms with Crippen molar-refractivity contribution in [1.82, 2.24) is 0 Å². The Kier molecular flexibility index (Phi) is 5.81. The Labute approximate surface area is 81.8 Å². The Morgan fingerprint density at radius 3 is 2.38 bits per heavy atom. The van der Waals surface area contributed by atoms with Crippen LogP contribution in [0.5, 0.6) is 0 Å². The highest BCUT2D eigenvalue weighted by Crippen LogP contribution is 2.07. The average Bonchev–Trinajstić information content (AvgIpc) is 2.05. The lowest BCUT2D eigenvalue weighted by molar-refractivity contribution is -0.112. The largest absolute Gasteiger partial charge is 0.295 e. The van der Waals surface area contributed by atoms with Gasteiger partial charge >= 0.3 is 0 Å². The van der Waals surface area contributed by atoms with Crippen LogP contribution >= 0.6 is 11.6 Å². The van der Waals surface area contributed by atoms with Crippen molar-refractivity contribution >= 4 is 17.4 Å². The zero-order valence-corrected chi connectivity index (χ0v) is 8.01. The van der Waals surface area contributed by atoms with Gasteiger partial charge in [-0.05, 0) is 31.2 Å². The van der Waals surface area contributed by atoms with E-state index in [0.29, 0.717) is 5.02 Å². The zero-order chi connectivity index (χ0) is 10.3. The summed E-state index contributed by atoms with van der Waals surface area (Å²) in [7, 11) is 0. The molecular formula is C10H10ClFO. The molecule has 1 aromatic rings. The first-order valence-corrected chi connectivity index (χ1v) is 3.98. The molecule has 0 spiro atoms. The molecule has 0 aliphatic carbocycles. The molecule has 0 aliphatic rings. The topological polar surface area (TPSA) is 17.1 Å². The van der Waals surface area contributed by atoms with Crippen molar-refractivity contribution in [2.75, 3.05) is 0 Å². The normalized spacial score (nSPS) is 8.23. The fourth-order valence-electron chi connectivity index (χ4n) is 0.460. The van der Waals surface area contributed by atoms with Crippen molar-refractivity contribution in [3.8, 4) is 0 Å². The predicted octanol–water partition coefficient (Wildman–Crippen LogP) is 3.24. The van der Waals surface area contributed by atoms with Gasteiger partial charge in [-0.2, -0.15) is 0 Å². The molecule has 0 aliphatic heterocycles. The van der Waals surface area contributed by atoms with Crippen LogP contribution in [0.15, 0.2) is 36.9 Å². The standard InChI is InChI=1S/C6H4ClF.C4H6O/c7-5-2-1-3-6(8)4-5;1-3-4(2)5/h1-4H;3H,1H2,2H3. The Hall–Kier alpha value is -1.15. The van der Waals surface area contributed by atoms with Gasteiger partial charge in [0.05, 0.1) is 0 Å². The smallest absolute Gasteiger partial charge is 0.152 e. The molecule has 0 saturated carbocycles. The summed E-state index contributed by atoms with van der Waals surface area (Å²) in [6, 6.07) is 5.82. The van der Waals surface area contributed by atoms with Crippen LogP contribution < -0.4 is 0 Å². The molecule has 0 radical (unpaired) electrons. The summed E-state index contributed by atoms with van der Waals surface area (Å²) in [4.78, 5) is 9.69. The van der Waals surface area contributed by atoms with Crippen LogP contribution in [0, 0.1) is 5.82 Å². The van der Waals surface area contributed by atoms with Crippen molar-refractivity contribution in [3.05, 3.63) is 47.8 Å². The van der Waals surface area contributed by atoms with Crippen LogP contribution in [0.1, 0.15) is 6.92 Å². The van der Waals surface area contributed by atoms with Crippen LogP contribution in [-0.2, 0) is 4.79 Å². The molecule has 0 N–H and O–H groups in total. The van der Waals surface area contributed by atoms with Gasteiger partial charge in [-0.1, -0.05) is 24.2 Å². The summed E-state index contributed by atoms with van der Waals surface area (Å²) in [5.41, 5.74) is 0. The van der Waals surface area contributed by atoms with Gasteiger partial charge < -0.3 is 0 Å². The predicted molar refractivity (Wildman–Crippen MR) is 52.3 cm³/mol. The van der Waals surface area contributed by atoms with Gasteiger partial charge in [0.1, 0.15) is 5.82 Å². The molecular weight excluding hydrogens is 191 g/mol. The molecule has 13 heavy (non-hydrogen) atoms. The molecule has 3 heteroatoms. The number of hydrogen-bond acceptors (Lipinski definition) is 1. The highest BCUT2D eigenvalue weighted by molar-refractivity contribution is 6.30. The van der Waals surface area contributed by atoms with Crippen molar-refractivity contribution in [3.63, 3.8) is 0 Å². The molecule has 0 atom stereocenters. The van der Waals surface area contributed by atoms with E-state index in [9.17, 15) is 9.18 Å². The van der Waals surface area contributed by atoms with Gasteiger partial charge in [0.15, 0.2) is 5.78 Å². The second-order valence-electron chi connectivity index (χ2n) is 2.25. The van der Waals surface area contributed by atoms with E-state index in [0.717, 1.165) is 0 Å². The van der Waals surface area contributed by atoms with Crippen molar-refractivity contribution in [2.45, 2.75) is 6.92 Å². The van der Waals surface area contributed by atoms with Crippen molar-refractivity contribution in [1.29, 1.82) is 0 Å². The number of carbonyl (C=O) groups is 1. The maximum atomic E-state index is 12.1. The molecule has 0 heterocycles. The molecule has 0 saturated heterocycles. The maximum absolute atomic E-state index is 12.1. The Morgan fingerprint density at radius 1 is 1.62 bits per heavy atom. The third kappa shape index (κ3) is 7.22. The summed E-state index contributed by atoms with van der Waals surface area (Å²) < 4.78 is 12.1. The number of rotatable bonds is 1. The molecule has 1 aromatic carbocycles. The molecule has 0 bridgehead atoms. The first-order chi connectivity index (χ1) is 6.06. The summed E-state index contributed by atoms with van der Waals surface area (Å²) in [6.07, 6.45) is 1.28. The van der Waals surface area contributed by atoms with Crippen LogP contribution in [0.3, 0.4) is 0 Å². The zero-order valence-electron chi connectivity index (χ0n) is 7.26. The van der Waals surface area contributed by atoms with E-state index in [4.69, 9.17) is 11.6 Å². The SMILES string of the molecule is C=CC(C)=O.Fc1cccc(Cl)c1. The number of carbonyl (C=O) groups excluding carboxylic acids is 1. The van der Waals surface area contributed by atoms with E-state index in [1.165, 1.54) is 25.1 Å². The summed E-state index contributed by atoms with van der Waals surface area (Å²) in [5.74, 6) is -0.275. The molecule has 1 nitrogen and oxygen atoms in total. The minimum absolute atomic E-state index is 0.0185. The van der Waals surface area contributed by atoms with Gasteiger partial charge in [-0.25, -0.2) is 4.39 Å². The van der Waals surface area contributed by atoms with Crippen molar-refractivity contribution in [2.24, 2.45) is 0 Å². The average molecular weight is 201 g/mol. The summed E-state index contributed by atoms with van der Waals surface area (Å²) in [6.45, 7) is 4.68. The first kappa shape index (κ1) is 11.8. The molecule has 1 rings (SSSR count). The monoisotopic (exact) mass is 200 g/mol.